The zero-order valence-corrected chi connectivity index (χ0v) is 35.3. The minimum absolute atomic E-state index is 0.0848. The van der Waals surface area contributed by atoms with Gasteiger partial charge in [0.1, 0.15) is 17.3 Å². The summed E-state index contributed by atoms with van der Waals surface area (Å²) in [6.45, 7) is -0.139. The first kappa shape index (κ1) is 24.7. The van der Waals surface area contributed by atoms with Crippen molar-refractivity contribution in [2.75, 3.05) is 0 Å². The molecule has 5 nitrogen and oxygen atoms in total. The lowest BCUT2D eigenvalue weighted by Gasteiger charge is -2.22. The average molecular weight is 859 g/mol. The zero-order chi connectivity index (χ0) is 59.7. The van der Waals surface area contributed by atoms with Crippen LogP contribution in [0.15, 0.2) is 200 Å². The van der Waals surface area contributed by atoms with Crippen LogP contribution in [-0.2, 0) is 5.41 Å². The molecule has 11 aromatic rings. The molecular formula is C60H48N4O. The van der Waals surface area contributed by atoms with Crippen molar-refractivity contribution in [3.63, 3.8) is 0 Å². The predicted molar refractivity (Wildman–Crippen MR) is 267 cm³/mol. The standard InChI is InChI=1S/C60H48N4O/c1-40-32-58(61-38-41(40)2)64-54-31-28-45(42-18-9-6-10-19-42)33-53(54)52-30-29-48(37-57(52)64)65-49-35-46(60(3,4)5)34-47(36-49)62-39-63(56-27-16-15-26-55(56)62)59-50(43-20-11-7-12-21-43)24-17-25-51(59)44-22-13-8-14-23-44/h6-38H,1-5H3/i1D3,2D3,7D,8D,11D,12D,13D,14D,20D,21D,22D,23D,32D,38D. The molecule has 0 aliphatic heterocycles. The summed E-state index contributed by atoms with van der Waals surface area (Å²) in [5.74, 6) is 0.334. The molecule has 3 aromatic heterocycles. The van der Waals surface area contributed by atoms with Crippen LogP contribution in [0.3, 0.4) is 0 Å². The van der Waals surface area contributed by atoms with Gasteiger partial charge in [-0.3, -0.25) is 13.7 Å². The van der Waals surface area contributed by atoms with Crippen molar-refractivity contribution in [1.29, 1.82) is 0 Å². The summed E-state index contributed by atoms with van der Waals surface area (Å²) in [5, 5.41) is 1.32. The summed E-state index contributed by atoms with van der Waals surface area (Å²) in [4.78, 5) is 4.36. The quantitative estimate of drug-likeness (QED) is 0.113. The molecule has 8 aromatic carbocycles. The molecule has 0 amide bonds. The largest absolute Gasteiger partial charge is 0.458 e. The highest BCUT2D eigenvalue weighted by atomic mass is 16.5. The molecule has 0 fully saturated rings. The van der Waals surface area contributed by atoms with Crippen molar-refractivity contribution >= 4 is 32.8 Å². The number of aromatic nitrogens is 4. The molecule has 0 radical (unpaired) electrons. The first-order valence-electron chi connectivity index (χ1n) is 29.8. The number of rotatable bonds is 8. The highest BCUT2D eigenvalue weighted by Crippen LogP contribution is 2.40. The monoisotopic (exact) mass is 858 g/mol. The normalized spacial score (nSPS) is 16.1. The number of ether oxygens (including phenoxy) is 1. The smallest absolute Gasteiger partial charge is 0.269 e. The third-order valence-corrected chi connectivity index (χ3v) is 11.4. The Kier molecular flexibility index (Phi) is 6.07. The minimum Gasteiger partial charge on any atom is -0.458 e. The molecule has 65 heavy (non-hydrogen) atoms. The molecular weight excluding hydrogens is 793 g/mol. The molecule has 11 rings (SSSR count). The van der Waals surface area contributed by atoms with Gasteiger partial charge in [0.25, 0.3) is 6.33 Å². The topological polar surface area (TPSA) is 35.9 Å². The van der Waals surface area contributed by atoms with Gasteiger partial charge in [0.2, 0.25) is 0 Å². The van der Waals surface area contributed by atoms with Crippen LogP contribution in [0, 0.1) is 20.0 Å². The van der Waals surface area contributed by atoms with E-state index in [9.17, 15) is 1.37 Å². The third kappa shape index (κ3) is 7.25. The molecule has 5 heteroatoms. The van der Waals surface area contributed by atoms with Gasteiger partial charge in [-0.15, -0.1) is 0 Å². The lowest BCUT2D eigenvalue weighted by molar-refractivity contribution is -0.571. The Bertz CT molecular complexity index is 4370. The van der Waals surface area contributed by atoms with Gasteiger partial charge in [-0.2, -0.15) is 0 Å². The number of pyridine rings is 1. The fraction of sp³-hybridized carbons (Fsp3) is 0.100. The van der Waals surface area contributed by atoms with Crippen LogP contribution >= 0.6 is 0 Å². The number of benzene rings is 8. The maximum Gasteiger partial charge on any atom is 0.269 e. The second-order valence-electron chi connectivity index (χ2n) is 16.6. The Morgan fingerprint density at radius 1 is 0.600 bits per heavy atom. The molecule has 0 unspecified atom stereocenters. The SMILES string of the molecule is [2H]c1nc(-n2c3ccc(-c4ccccc4)cc3c3ccc(Oc4cc(-n5[c-][n+](-c6c(-c7c([2H])c([2H])c([2H])c([2H])c7[2H])cccc6-c6c([2H])c([2H])c([2H])c([2H])c6[2H])c6ccccc65)cc(C(C)(C)C)c4)cc32)c([2H])c(C([2H])([2H])[2H])c1C([2H])([2H])[2H]. The van der Waals surface area contributed by atoms with Gasteiger partial charge in [-0.25, -0.2) is 4.98 Å². The van der Waals surface area contributed by atoms with Crippen LogP contribution in [0.4, 0.5) is 0 Å². The van der Waals surface area contributed by atoms with Crippen molar-refractivity contribution < 1.29 is 34.0 Å². The van der Waals surface area contributed by atoms with Gasteiger partial charge >= 0.3 is 0 Å². The van der Waals surface area contributed by atoms with Gasteiger partial charge in [0, 0.05) is 31.2 Å². The summed E-state index contributed by atoms with van der Waals surface area (Å²) in [7, 11) is 0. The van der Waals surface area contributed by atoms with Crippen LogP contribution in [0.25, 0.3) is 83.4 Å². The number of imidazole rings is 1. The van der Waals surface area contributed by atoms with Gasteiger partial charge in [-0.05, 0) is 118 Å². The van der Waals surface area contributed by atoms with Crippen LogP contribution in [0.2, 0.25) is 0 Å². The van der Waals surface area contributed by atoms with Crippen molar-refractivity contribution in [3.8, 4) is 62.1 Å². The van der Waals surface area contributed by atoms with Crippen LogP contribution in [0.5, 0.6) is 11.5 Å². The Morgan fingerprint density at radius 3 is 2.05 bits per heavy atom. The molecule has 0 N–H and O–H groups in total. The number of para-hydroxylation sites is 3. The number of fused-ring (bicyclic) bond motifs is 4. The summed E-state index contributed by atoms with van der Waals surface area (Å²) in [5.41, 5.74) is 2.67. The number of hydrogen-bond donors (Lipinski definition) is 0. The van der Waals surface area contributed by atoms with E-state index in [1.165, 1.54) is 6.07 Å². The summed E-state index contributed by atoms with van der Waals surface area (Å²) in [6.07, 6.45) is 2.63. The maximum atomic E-state index is 9.36. The molecule has 314 valence electrons. The lowest BCUT2D eigenvalue weighted by atomic mass is 9.86. The van der Waals surface area contributed by atoms with E-state index in [0.717, 1.165) is 16.7 Å². The van der Waals surface area contributed by atoms with E-state index in [0.29, 0.717) is 44.3 Å². The second kappa shape index (κ2) is 16.0. The first-order chi connectivity index (χ1) is 39.1. The van der Waals surface area contributed by atoms with Gasteiger partial charge < -0.3 is 4.74 Å². The Labute approximate surface area is 405 Å². The van der Waals surface area contributed by atoms with E-state index in [4.69, 9.17) is 28.0 Å². The maximum absolute atomic E-state index is 9.36. The van der Waals surface area contributed by atoms with Gasteiger partial charge in [0.05, 0.1) is 49.9 Å². The number of nitrogens with zero attached hydrogens (tertiary/aromatic N) is 4. The Hall–Kier alpha value is -8.02. The molecule has 0 aliphatic rings. The molecule has 0 aliphatic carbocycles. The van der Waals surface area contributed by atoms with Crippen LogP contribution in [-0.4, -0.2) is 14.1 Å². The van der Waals surface area contributed by atoms with Crippen molar-refractivity contribution in [2.24, 2.45) is 0 Å². The van der Waals surface area contributed by atoms with Gasteiger partial charge in [-0.1, -0.05) is 160 Å². The summed E-state index contributed by atoms with van der Waals surface area (Å²) in [6, 6.07) is 31.4. The fourth-order valence-electron chi connectivity index (χ4n) is 8.29. The summed E-state index contributed by atoms with van der Waals surface area (Å²) < 4.78 is 167. The third-order valence-electron chi connectivity index (χ3n) is 11.4. The Morgan fingerprint density at radius 2 is 1.32 bits per heavy atom. The second-order valence-corrected chi connectivity index (χ2v) is 16.6. The van der Waals surface area contributed by atoms with Crippen molar-refractivity contribution in [1.82, 2.24) is 14.1 Å². The molecule has 0 atom stereocenters. The predicted octanol–water partition coefficient (Wildman–Crippen LogP) is 14.9. The van der Waals surface area contributed by atoms with E-state index >= 15 is 0 Å². The van der Waals surface area contributed by atoms with Gasteiger partial charge in [0.15, 0.2) is 0 Å². The fourth-order valence-corrected chi connectivity index (χ4v) is 8.29. The minimum atomic E-state index is -3.11. The van der Waals surface area contributed by atoms with Crippen LogP contribution < -0.4 is 9.30 Å². The van der Waals surface area contributed by atoms with E-state index in [-0.39, 0.29) is 39.5 Å². The van der Waals surface area contributed by atoms with Crippen LogP contribution in [0.1, 0.15) is 62.1 Å². The highest BCUT2D eigenvalue weighted by molar-refractivity contribution is 6.10. The number of hydrogen-bond acceptors (Lipinski definition) is 2. The van der Waals surface area contributed by atoms with Crippen molar-refractivity contribution in [2.45, 2.75) is 39.9 Å². The zero-order valence-electron chi connectivity index (χ0n) is 53.3. The van der Waals surface area contributed by atoms with E-state index in [1.54, 1.807) is 68.3 Å². The van der Waals surface area contributed by atoms with E-state index in [1.807, 2.05) is 87.5 Å². The Balaban J connectivity index is 1.14. The average Bonchev–Trinajstić information content (AvgIpc) is 3.36. The molecule has 0 bridgehead atoms. The first-order valence-corrected chi connectivity index (χ1v) is 20.8. The van der Waals surface area contributed by atoms with E-state index in [2.05, 4.69) is 11.3 Å². The highest BCUT2D eigenvalue weighted by Gasteiger charge is 2.23. The van der Waals surface area contributed by atoms with E-state index < -0.39 is 103 Å². The molecule has 0 saturated heterocycles. The molecule has 3 heterocycles. The lowest BCUT2D eigenvalue weighted by Crippen LogP contribution is -2.31. The molecule has 0 spiro atoms. The summed E-state index contributed by atoms with van der Waals surface area (Å²) >= 11 is 0. The van der Waals surface area contributed by atoms with Crippen molar-refractivity contribution in [3.05, 3.63) is 223 Å². The molecule has 0 saturated carbocycles.